The Labute approximate surface area is 146 Å². The zero-order valence-electron chi connectivity index (χ0n) is 14.7. The first-order chi connectivity index (χ1) is 11.5. The Balaban J connectivity index is 1.66. The topological polar surface area (TPSA) is 71.3 Å². The van der Waals surface area contributed by atoms with Crippen LogP contribution in [-0.4, -0.2) is 27.9 Å². The van der Waals surface area contributed by atoms with E-state index in [-0.39, 0.29) is 12.1 Å². The summed E-state index contributed by atoms with van der Waals surface area (Å²) in [5.41, 5.74) is 2.04. The lowest BCUT2D eigenvalue weighted by atomic mass is 9.97. The number of aromatic nitrogens is 2. The third kappa shape index (κ3) is 3.31. The molecule has 0 bridgehead atoms. The minimum Gasteiger partial charge on any atom is -0.444 e. The standard InChI is InChI=1S/C17H24N4O2S/c1-5-15-20-12-7-6-8-13(16(12)24-15)21(4)17(22)18-9-14-19-10(2)11(3)23-14/h13H,5-9H2,1-4H3,(H,18,22). The highest BCUT2D eigenvalue weighted by atomic mass is 32.1. The summed E-state index contributed by atoms with van der Waals surface area (Å²) < 4.78 is 5.51. The van der Waals surface area contributed by atoms with E-state index >= 15 is 0 Å². The molecule has 2 aromatic rings. The highest BCUT2D eigenvalue weighted by Crippen LogP contribution is 2.37. The number of fused-ring (bicyclic) bond motifs is 1. The average Bonchev–Trinajstić information content (AvgIpc) is 3.14. The maximum Gasteiger partial charge on any atom is 0.318 e. The number of thiazole rings is 1. The monoisotopic (exact) mass is 348 g/mol. The first-order valence-electron chi connectivity index (χ1n) is 8.41. The van der Waals surface area contributed by atoms with E-state index in [9.17, 15) is 4.79 Å². The quantitative estimate of drug-likeness (QED) is 0.917. The highest BCUT2D eigenvalue weighted by molar-refractivity contribution is 7.11. The molecule has 0 radical (unpaired) electrons. The van der Waals surface area contributed by atoms with Gasteiger partial charge in [0, 0.05) is 7.05 Å². The smallest absolute Gasteiger partial charge is 0.318 e. The average molecular weight is 348 g/mol. The van der Waals surface area contributed by atoms with Gasteiger partial charge in [0.1, 0.15) is 5.76 Å². The number of urea groups is 1. The normalized spacial score (nSPS) is 16.8. The van der Waals surface area contributed by atoms with Gasteiger partial charge in [0.2, 0.25) is 5.89 Å². The van der Waals surface area contributed by atoms with E-state index in [1.165, 1.54) is 10.6 Å². The zero-order chi connectivity index (χ0) is 17.3. The van der Waals surface area contributed by atoms with Gasteiger partial charge in [-0.2, -0.15) is 0 Å². The Bertz CT molecular complexity index is 718. The van der Waals surface area contributed by atoms with Crippen LogP contribution in [0.3, 0.4) is 0 Å². The molecule has 1 atom stereocenters. The van der Waals surface area contributed by atoms with Crippen LogP contribution in [0, 0.1) is 13.8 Å². The second-order valence-electron chi connectivity index (χ2n) is 6.20. The van der Waals surface area contributed by atoms with Gasteiger partial charge < -0.3 is 14.6 Å². The van der Waals surface area contributed by atoms with E-state index in [1.807, 2.05) is 20.9 Å². The number of aryl methyl sites for hydroxylation is 4. The minimum atomic E-state index is -0.104. The number of oxazole rings is 1. The molecule has 0 saturated carbocycles. The van der Waals surface area contributed by atoms with Crippen molar-refractivity contribution < 1.29 is 9.21 Å². The Morgan fingerprint density at radius 2 is 2.21 bits per heavy atom. The van der Waals surface area contributed by atoms with E-state index in [0.717, 1.165) is 42.1 Å². The van der Waals surface area contributed by atoms with Crippen LogP contribution in [0.4, 0.5) is 4.79 Å². The highest BCUT2D eigenvalue weighted by Gasteiger charge is 2.29. The van der Waals surface area contributed by atoms with Crippen molar-refractivity contribution in [1.29, 1.82) is 0 Å². The predicted molar refractivity (Wildman–Crippen MR) is 93.1 cm³/mol. The van der Waals surface area contributed by atoms with Gasteiger partial charge in [-0.05, 0) is 39.5 Å². The van der Waals surface area contributed by atoms with Crippen LogP contribution in [-0.2, 0) is 19.4 Å². The van der Waals surface area contributed by atoms with Gasteiger partial charge in [-0.15, -0.1) is 11.3 Å². The van der Waals surface area contributed by atoms with Crippen molar-refractivity contribution in [2.75, 3.05) is 7.05 Å². The number of carbonyl (C=O) groups excluding carboxylic acids is 1. The maximum absolute atomic E-state index is 12.5. The fourth-order valence-electron chi connectivity index (χ4n) is 3.00. The Morgan fingerprint density at radius 1 is 1.42 bits per heavy atom. The summed E-state index contributed by atoms with van der Waals surface area (Å²) in [5.74, 6) is 1.34. The van der Waals surface area contributed by atoms with Gasteiger partial charge >= 0.3 is 6.03 Å². The summed E-state index contributed by atoms with van der Waals surface area (Å²) in [6.07, 6.45) is 4.02. The summed E-state index contributed by atoms with van der Waals surface area (Å²) in [6.45, 7) is 6.20. The molecule has 0 spiro atoms. The molecule has 0 saturated heterocycles. The minimum absolute atomic E-state index is 0.104. The van der Waals surface area contributed by atoms with Crippen molar-refractivity contribution in [3.63, 3.8) is 0 Å². The van der Waals surface area contributed by atoms with Crippen LogP contribution in [0.15, 0.2) is 4.42 Å². The number of hydrogen-bond acceptors (Lipinski definition) is 5. The molecule has 130 valence electrons. The summed E-state index contributed by atoms with van der Waals surface area (Å²) in [4.78, 5) is 24.6. The molecule has 1 aliphatic carbocycles. The van der Waals surface area contributed by atoms with Crippen molar-refractivity contribution >= 4 is 17.4 Å². The van der Waals surface area contributed by atoms with Gasteiger partial charge in [0.05, 0.1) is 33.9 Å². The first-order valence-corrected chi connectivity index (χ1v) is 9.23. The lowest BCUT2D eigenvalue weighted by Crippen LogP contribution is -2.40. The number of amides is 2. The fraction of sp³-hybridized carbons (Fsp3) is 0.588. The molecule has 6 nitrogen and oxygen atoms in total. The van der Waals surface area contributed by atoms with Gasteiger partial charge in [-0.1, -0.05) is 6.92 Å². The van der Waals surface area contributed by atoms with Gasteiger partial charge in [-0.25, -0.2) is 14.8 Å². The molecular weight excluding hydrogens is 324 g/mol. The molecule has 1 aliphatic rings. The Hall–Kier alpha value is -1.89. The Kier molecular flexibility index (Phi) is 4.89. The second kappa shape index (κ2) is 6.93. The molecule has 1 unspecified atom stereocenters. The summed E-state index contributed by atoms with van der Waals surface area (Å²) in [6, 6.07) is 0.00684. The van der Waals surface area contributed by atoms with Crippen molar-refractivity contribution in [3.8, 4) is 0 Å². The zero-order valence-corrected chi connectivity index (χ0v) is 15.5. The van der Waals surface area contributed by atoms with E-state index in [1.54, 1.807) is 16.2 Å². The number of nitrogens with one attached hydrogen (secondary N) is 1. The molecule has 2 amide bonds. The van der Waals surface area contributed by atoms with Crippen LogP contribution in [0.1, 0.15) is 58.7 Å². The molecule has 0 fully saturated rings. The van der Waals surface area contributed by atoms with E-state index in [4.69, 9.17) is 9.40 Å². The molecule has 0 aliphatic heterocycles. The number of rotatable bonds is 4. The van der Waals surface area contributed by atoms with Crippen molar-refractivity contribution in [2.45, 2.75) is 59.0 Å². The summed E-state index contributed by atoms with van der Waals surface area (Å²) in [5, 5.41) is 4.06. The van der Waals surface area contributed by atoms with Gasteiger partial charge in [-0.3, -0.25) is 0 Å². The van der Waals surface area contributed by atoms with Gasteiger partial charge in [0.15, 0.2) is 0 Å². The molecule has 1 N–H and O–H groups in total. The van der Waals surface area contributed by atoms with Crippen LogP contribution in [0.2, 0.25) is 0 Å². The number of nitrogens with zero attached hydrogens (tertiary/aromatic N) is 3. The maximum atomic E-state index is 12.5. The van der Waals surface area contributed by atoms with Crippen molar-refractivity contribution in [2.24, 2.45) is 0 Å². The fourth-order valence-corrected chi connectivity index (χ4v) is 4.23. The largest absolute Gasteiger partial charge is 0.444 e. The third-order valence-corrected chi connectivity index (χ3v) is 5.86. The van der Waals surface area contributed by atoms with E-state index in [0.29, 0.717) is 12.4 Å². The lowest BCUT2D eigenvalue weighted by Gasteiger charge is -2.30. The number of hydrogen-bond donors (Lipinski definition) is 1. The molecule has 24 heavy (non-hydrogen) atoms. The van der Waals surface area contributed by atoms with E-state index in [2.05, 4.69) is 17.2 Å². The van der Waals surface area contributed by atoms with Crippen LogP contribution in [0.25, 0.3) is 0 Å². The van der Waals surface area contributed by atoms with Gasteiger partial charge in [0.25, 0.3) is 0 Å². The van der Waals surface area contributed by atoms with Crippen LogP contribution < -0.4 is 5.32 Å². The molecule has 7 heteroatoms. The molecule has 2 aromatic heterocycles. The SMILES string of the molecule is CCc1nc2c(s1)C(N(C)C(=O)NCc1nc(C)c(C)o1)CCC2. The predicted octanol–water partition coefficient (Wildman–Crippen LogP) is 3.53. The molecule has 0 aromatic carbocycles. The van der Waals surface area contributed by atoms with Crippen LogP contribution in [0.5, 0.6) is 0 Å². The second-order valence-corrected chi connectivity index (χ2v) is 7.31. The summed E-state index contributed by atoms with van der Waals surface area (Å²) in [7, 11) is 1.85. The third-order valence-electron chi connectivity index (χ3n) is 4.52. The van der Waals surface area contributed by atoms with E-state index < -0.39 is 0 Å². The molecular formula is C17H24N4O2S. The van der Waals surface area contributed by atoms with Crippen molar-refractivity contribution in [3.05, 3.63) is 32.9 Å². The number of carbonyl (C=O) groups is 1. The van der Waals surface area contributed by atoms with Crippen molar-refractivity contribution in [1.82, 2.24) is 20.2 Å². The molecule has 2 heterocycles. The first kappa shape index (κ1) is 17.0. The summed E-state index contributed by atoms with van der Waals surface area (Å²) >= 11 is 1.75. The Morgan fingerprint density at radius 3 is 2.88 bits per heavy atom. The lowest BCUT2D eigenvalue weighted by molar-refractivity contribution is 0.183. The van der Waals surface area contributed by atoms with Crippen LogP contribution >= 0.6 is 11.3 Å². The molecule has 3 rings (SSSR count).